The van der Waals surface area contributed by atoms with Gasteiger partial charge in [0.1, 0.15) is 5.75 Å². The van der Waals surface area contributed by atoms with Crippen LogP contribution < -0.4 is 10.2 Å². The van der Waals surface area contributed by atoms with Gasteiger partial charge in [0, 0.05) is 55.8 Å². The van der Waals surface area contributed by atoms with Gasteiger partial charge in [-0.2, -0.15) is 0 Å². The molecule has 0 spiro atoms. The first-order valence-electron chi connectivity index (χ1n) is 11.4. The second kappa shape index (κ2) is 12.0. The Morgan fingerprint density at radius 3 is 2.33 bits per heavy atom. The first-order chi connectivity index (χ1) is 15.8. The lowest BCUT2D eigenvalue weighted by molar-refractivity contribution is -0.113. The number of rotatable bonds is 11. The minimum Gasteiger partial charge on any atom is -0.369 e. The summed E-state index contributed by atoms with van der Waals surface area (Å²) in [5.74, 6) is -1.15. The SMILES string of the molecule is CS(=O)(=O)CC(=O)Nc1cccc(C(=O)CCCCCN2CCN(c3ccccc3)CC2)c1. The van der Waals surface area contributed by atoms with Crippen LogP contribution in [0, 0.1) is 0 Å². The Bertz CT molecular complexity index is 1030. The maximum absolute atomic E-state index is 12.5. The summed E-state index contributed by atoms with van der Waals surface area (Å²) in [4.78, 5) is 29.2. The quantitative estimate of drug-likeness (QED) is 0.400. The van der Waals surface area contributed by atoms with Crippen LogP contribution in [0.2, 0.25) is 0 Å². The summed E-state index contributed by atoms with van der Waals surface area (Å²) in [6.07, 6.45) is 4.36. The summed E-state index contributed by atoms with van der Waals surface area (Å²) < 4.78 is 22.5. The smallest absolute Gasteiger partial charge is 0.239 e. The number of nitrogens with zero attached hydrogens (tertiary/aromatic N) is 2. The van der Waals surface area contributed by atoms with Gasteiger partial charge >= 0.3 is 0 Å². The van der Waals surface area contributed by atoms with Gasteiger partial charge in [-0.05, 0) is 43.7 Å². The number of carbonyl (C=O) groups excluding carboxylic acids is 2. The van der Waals surface area contributed by atoms with Crippen molar-refractivity contribution < 1.29 is 18.0 Å². The number of carbonyl (C=O) groups is 2. The molecule has 1 aliphatic heterocycles. The van der Waals surface area contributed by atoms with Crippen LogP contribution in [0.4, 0.5) is 11.4 Å². The van der Waals surface area contributed by atoms with Crippen molar-refractivity contribution in [2.24, 2.45) is 0 Å². The van der Waals surface area contributed by atoms with Gasteiger partial charge in [-0.25, -0.2) is 8.42 Å². The van der Waals surface area contributed by atoms with Crippen molar-refractivity contribution in [3.8, 4) is 0 Å². The van der Waals surface area contributed by atoms with Gasteiger partial charge in [-0.1, -0.05) is 36.8 Å². The van der Waals surface area contributed by atoms with E-state index in [2.05, 4.69) is 39.4 Å². The molecule has 8 heteroatoms. The van der Waals surface area contributed by atoms with Gasteiger partial charge in [0.25, 0.3) is 0 Å². The monoisotopic (exact) mass is 471 g/mol. The number of hydrogen-bond donors (Lipinski definition) is 1. The topological polar surface area (TPSA) is 86.8 Å². The Hall–Kier alpha value is -2.71. The molecule has 1 saturated heterocycles. The maximum atomic E-state index is 12.5. The summed E-state index contributed by atoms with van der Waals surface area (Å²) in [5, 5.41) is 2.54. The Morgan fingerprint density at radius 1 is 0.909 bits per heavy atom. The number of sulfone groups is 1. The Morgan fingerprint density at radius 2 is 1.64 bits per heavy atom. The molecule has 0 saturated carbocycles. The van der Waals surface area contributed by atoms with Crippen LogP contribution in [0.25, 0.3) is 0 Å². The summed E-state index contributed by atoms with van der Waals surface area (Å²) in [6.45, 7) is 5.26. The number of Topliss-reactive ketones (excluding diaryl/α,β-unsaturated/α-hetero) is 1. The van der Waals surface area contributed by atoms with Crippen molar-refractivity contribution in [1.29, 1.82) is 0 Å². The molecule has 1 heterocycles. The van der Waals surface area contributed by atoms with Crippen molar-refractivity contribution in [1.82, 2.24) is 4.90 Å². The van der Waals surface area contributed by atoms with Crippen LogP contribution >= 0.6 is 0 Å². The van der Waals surface area contributed by atoms with E-state index in [1.807, 2.05) is 6.07 Å². The fraction of sp³-hybridized carbons (Fsp3) is 0.440. The molecule has 0 aromatic heterocycles. The molecule has 1 aliphatic rings. The summed E-state index contributed by atoms with van der Waals surface area (Å²) in [7, 11) is -3.40. The van der Waals surface area contributed by atoms with E-state index in [9.17, 15) is 18.0 Å². The number of para-hydroxylation sites is 1. The maximum Gasteiger partial charge on any atom is 0.239 e. The van der Waals surface area contributed by atoms with Crippen LogP contribution in [0.5, 0.6) is 0 Å². The zero-order chi connectivity index (χ0) is 23.7. The van der Waals surface area contributed by atoms with Gasteiger partial charge < -0.3 is 10.2 Å². The van der Waals surface area contributed by atoms with Crippen molar-refractivity contribution in [2.45, 2.75) is 25.7 Å². The zero-order valence-electron chi connectivity index (χ0n) is 19.2. The molecule has 33 heavy (non-hydrogen) atoms. The molecule has 7 nitrogen and oxygen atoms in total. The van der Waals surface area contributed by atoms with Crippen LogP contribution in [0.15, 0.2) is 54.6 Å². The minimum absolute atomic E-state index is 0.0330. The van der Waals surface area contributed by atoms with Crippen LogP contribution in [-0.2, 0) is 14.6 Å². The van der Waals surface area contributed by atoms with E-state index in [1.54, 1.807) is 24.3 Å². The predicted octanol–water partition coefficient (Wildman–Crippen LogP) is 3.24. The largest absolute Gasteiger partial charge is 0.369 e. The number of nitrogens with one attached hydrogen (secondary N) is 1. The van der Waals surface area contributed by atoms with Gasteiger partial charge in [-0.3, -0.25) is 14.5 Å². The molecule has 1 N–H and O–H groups in total. The average Bonchev–Trinajstić information content (AvgIpc) is 2.78. The third kappa shape index (κ3) is 8.63. The molecule has 2 aromatic rings. The third-order valence-corrected chi connectivity index (χ3v) is 6.52. The first-order valence-corrected chi connectivity index (χ1v) is 13.5. The molecule has 3 rings (SSSR count). The lowest BCUT2D eigenvalue weighted by Gasteiger charge is -2.36. The number of ketones is 1. The summed E-state index contributed by atoms with van der Waals surface area (Å²) in [6, 6.07) is 17.2. The zero-order valence-corrected chi connectivity index (χ0v) is 20.0. The highest BCUT2D eigenvalue weighted by molar-refractivity contribution is 7.91. The lowest BCUT2D eigenvalue weighted by Crippen LogP contribution is -2.46. The van der Waals surface area contributed by atoms with E-state index >= 15 is 0 Å². The fourth-order valence-corrected chi connectivity index (χ4v) is 4.56. The Labute approximate surface area is 196 Å². The van der Waals surface area contributed by atoms with E-state index in [1.165, 1.54) is 5.69 Å². The van der Waals surface area contributed by atoms with Crippen LogP contribution in [0.3, 0.4) is 0 Å². The molecule has 1 amide bonds. The van der Waals surface area contributed by atoms with Crippen LogP contribution in [-0.4, -0.2) is 69.7 Å². The highest BCUT2D eigenvalue weighted by Gasteiger charge is 2.17. The van der Waals surface area contributed by atoms with Gasteiger partial charge in [0.05, 0.1) is 0 Å². The summed E-state index contributed by atoms with van der Waals surface area (Å²) in [5.41, 5.74) is 2.25. The second-order valence-corrected chi connectivity index (χ2v) is 10.7. The molecule has 2 aromatic carbocycles. The van der Waals surface area contributed by atoms with Crippen LogP contribution in [0.1, 0.15) is 36.0 Å². The standard InChI is InChI=1S/C25H33N3O4S/c1-33(31,32)20-25(30)26-22-10-8-9-21(19-22)24(29)13-6-3-7-14-27-15-17-28(18-16-27)23-11-4-2-5-12-23/h2,4-5,8-12,19H,3,6-7,13-18,20H2,1H3,(H,26,30). The highest BCUT2D eigenvalue weighted by Crippen LogP contribution is 2.17. The molecular formula is C25H33N3O4S. The predicted molar refractivity (Wildman–Crippen MR) is 133 cm³/mol. The molecule has 0 radical (unpaired) electrons. The second-order valence-electron chi connectivity index (χ2n) is 8.60. The number of anilines is 2. The van der Waals surface area contributed by atoms with Crippen molar-refractivity contribution in [3.05, 3.63) is 60.2 Å². The molecule has 0 aliphatic carbocycles. The fourth-order valence-electron chi connectivity index (χ4n) is 4.02. The van der Waals surface area contributed by atoms with Gasteiger partial charge in [0.2, 0.25) is 5.91 Å². The molecule has 0 atom stereocenters. The number of amides is 1. The first kappa shape index (κ1) is 24.9. The van der Waals surface area contributed by atoms with Gasteiger partial charge in [-0.15, -0.1) is 0 Å². The normalized spacial score (nSPS) is 14.8. The lowest BCUT2D eigenvalue weighted by atomic mass is 10.0. The molecule has 1 fully saturated rings. The van der Waals surface area contributed by atoms with Crippen molar-refractivity contribution >= 4 is 32.9 Å². The van der Waals surface area contributed by atoms with E-state index in [0.29, 0.717) is 17.7 Å². The number of piperazine rings is 1. The Kier molecular flexibility index (Phi) is 9.03. The molecule has 178 valence electrons. The Balaban J connectivity index is 1.33. The number of hydrogen-bond acceptors (Lipinski definition) is 6. The number of benzene rings is 2. The minimum atomic E-state index is -3.40. The average molecular weight is 472 g/mol. The van der Waals surface area contributed by atoms with E-state index in [4.69, 9.17) is 0 Å². The molecule has 0 bridgehead atoms. The van der Waals surface area contributed by atoms with E-state index in [-0.39, 0.29) is 5.78 Å². The van der Waals surface area contributed by atoms with Crippen molar-refractivity contribution in [3.63, 3.8) is 0 Å². The molecule has 0 unspecified atom stereocenters. The van der Waals surface area contributed by atoms with E-state index < -0.39 is 21.5 Å². The number of unbranched alkanes of at least 4 members (excludes halogenated alkanes) is 2. The van der Waals surface area contributed by atoms with E-state index in [0.717, 1.165) is 58.2 Å². The highest BCUT2D eigenvalue weighted by atomic mass is 32.2. The summed E-state index contributed by atoms with van der Waals surface area (Å²) >= 11 is 0. The molecular weight excluding hydrogens is 438 g/mol. The van der Waals surface area contributed by atoms with Gasteiger partial charge in [0.15, 0.2) is 15.6 Å². The van der Waals surface area contributed by atoms with Crippen molar-refractivity contribution in [2.75, 3.05) is 54.9 Å². The third-order valence-electron chi connectivity index (χ3n) is 5.73.